The van der Waals surface area contributed by atoms with Crippen molar-refractivity contribution < 1.29 is 17.9 Å². The summed E-state index contributed by atoms with van der Waals surface area (Å²) < 4.78 is 31.6. The fraction of sp³-hybridized carbons (Fsp3) is 0.462. The zero-order valence-electron chi connectivity index (χ0n) is 11.4. The van der Waals surface area contributed by atoms with Gasteiger partial charge in [-0.05, 0) is 31.2 Å². The Bertz CT molecular complexity index is 548. The highest BCUT2D eigenvalue weighted by molar-refractivity contribution is 7.89. The Morgan fingerprint density at radius 2 is 1.75 bits per heavy atom. The molecular formula is C13H18N2O4S. The third-order valence-electron chi connectivity index (χ3n) is 3.19. The maximum absolute atomic E-state index is 12.4. The van der Waals surface area contributed by atoms with Gasteiger partial charge in [0.1, 0.15) is 5.75 Å². The normalized spacial score (nSPS) is 16.9. The summed E-state index contributed by atoms with van der Waals surface area (Å²) in [6.07, 6.45) is 0.751. The van der Waals surface area contributed by atoms with Gasteiger partial charge in [0.2, 0.25) is 16.4 Å². The molecule has 1 fully saturated rings. The Labute approximate surface area is 119 Å². The summed E-state index contributed by atoms with van der Waals surface area (Å²) >= 11 is 0. The number of piperazine rings is 1. The zero-order valence-corrected chi connectivity index (χ0v) is 12.2. The highest BCUT2D eigenvalue weighted by Gasteiger charge is 2.27. The topological polar surface area (TPSA) is 66.9 Å². The summed E-state index contributed by atoms with van der Waals surface area (Å²) in [4.78, 5) is 12.5. The Morgan fingerprint density at radius 1 is 1.15 bits per heavy atom. The van der Waals surface area contributed by atoms with E-state index < -0.39 is 10.0 Å². The molecule has 1 aromatic rings. The van der Waals surface area contributed by atoms with Gasteiger partial charge in [0.25, 0.3) is 0 Å². The van der Waals surface area contributed by atoms with E-state index in [-0.39, 0.29) is 4.90 Å². The van der Waals surface area contributed by atoms with Gasteiger partial charge in [-0.3, -0.25) is 4.79 Å². The average molecular weight is 298 g/mol. The molecule has 1 amide bonds. The summed E-state index contributed by atoms with van der Waals surface area (Å²) in [5.74, 6) is 0.650. The van der Waals surface area contributed by atoms with Crippen LogP contribution in [-0.4, -0.2) is 56.8 Å². The van der Waals surface area contributed by atoms with E-state index in [1.165, 1.54) is 4.31 Å². The maximum Gasteiger partial charge on any atom is 0.243 e. The smallest absolute Gasteiger partial charge is 0.243 e. The highest BCUT2D eigenvalue weighted by Crippen LogP contribution is 2.20. The van der Waals surface area contributed by atoms with E-state index in [4.69, 9.17) is 4.74 Å². The largest absolute Gasteiger partial charge is 0.494 e. The van der Waals surface area contributed by atoms with Crippen LogP contribution in [0, 0.1) is 0 Å². The number of amides is 1. The van der Waals surface area contributed by atoms with Gasteiger partial charge in [-0.15, -0.1) is 0 Å². The first kappa shape index (κ1) is 14.8. The maximum atomic E-state index is 12.4. The fourth-order valence-corrected chi connectivity index (χ4v) is 3.50. The molecule has 7 heteroatoms. The van der Waals surface area contributed by atoms with Gasteiger partial charge in [-0.2, -0.15) is 4.31 Å². The molecular weight excluding hydrogens is 280 g/mol. The molecule has 110 valence electrons. The zero-order chi connectivity index (χ0) is 14.6. The number of hydrogen-bond donors (Lipinski definition) is 0. The molecule has 1 aliphatic rings. The predicted octanol–water partition coefficient (Wildman–Crippen LogP) is 0.548. The summed E-state index contributed by atoms with van der Waals surface area (Å²) in [5.41, 5.74) is 0. The third-order valence-corrected chi connectivity index (χ3v) is 5.11. The third kappa shape index (κ3) is 3.10. The van der Waals surface area contributed by atoms with Gasteiger partial charge >= 0.3 is 0 Å². The fourth-order valence-electron chi connectivity index (χ4n) is 2.07. The van der Waals surface area contributed by atoms with E-state index in [1.807, 2.05) is 6.92 Å². The number of ether oxygens (including phenoxy) is 1. The number of nitrogens with zero attached hydrogens (tertiary/aromatic N) is 2. The molecule has 1 heterocycles. The van der Waals surface area contributed by atoms with Gasteiger partial charge in [0.15, 0.2) is 0 Å². The van der Waals surface area contributed by atoms with Crippen LogP contribution in [0.4, 0.5) is 0 Å². The van der Waals surface area contributed by atoms with E-state index in [0.717, 1.165) is 6.41 Å². The van der Waals surface area contributed by atoms with Gasteiger partial charge in [-0.1, -0.05) is 0 Å². The molecule has 0 atom stereocenters. The number of rotatable bonds is 5. The van der Waals surface area contributed by atoms with Crippen LogP contribution in [0.3, 0.4) is 0 Å². The van der Waals surface area contributed by atoms with Crippen LogP contribution in [0.2, 0.25) is 0 Å². The standard InChI is InChI=1S/C13H18N2O4S/c1-2-19-12-3-5-13(6-4-12)20(17,18)15-9-7-14(11-16)8-10-15/h3-6,11H,2,7-10H2,1H3. The first-order valence-electron chi connectivity index (χ1n) is 6.50. The Morgan fingerprint density at radius 3 is 2.25 bits per heavy atom. The van der Waals surface area contributed by atoms with Crippen LogP contribution in [0.1, 0.15) is 6.92 Å². The molecule has 0 saturated carbocycles. The molecule has 0 aromatic heterocycles. The van der Waals surface area contributed by atoms with Crippen molar-refractivity contribution in [2.45, 2.75) is 11.8 Å². The van der Waals surface area contributed by atoms with Crippen molar-refractivity contribution in [1.82, 2.24) is 9.21 Å². The van der Waals surface area contributed by atoms with E-state index in [1.54, 1.807) is 29.2 Å². The highest BCUT2D eigenvalue weighted by atomic mass is 32.2. The van der Waals surface area contributed by atoms with Crippen molar-refractivity contribution in [3.05, 3.63) is 24.3 Å². The molecule has 0 unspecified atom stereocenters. The molecule has 0 bridgehead atoms. The number of benzene rings is 1. The van der Waals surface area contributed by atoms with Crippen molar-refractivity contribution in [3.8, 4) is 5.75 Å². The lowest BCUT2D eigenvalue weighted by Crippen LogP contribution is -2.47. The predicted molar refractivity (Wildman–Crippen MR) is 74.0 cm³/mol. The minimum absolute atomic E-state index is 0.250. The minimum Gasteiger partial charge on any atom is -0.494 e. The Kier molecular flexibility index (Phi) is 4.61. The second-order valence-corrected chi connectivity index (χ2v) is 6.39. The molecule has 1 saturated heterocycles. The molecule has 0 spiro atoms. The van der Waals surface area contributed by atoms with E-state index >= 15 is 0 Å². The molecule has 1 aliphatic heterocycles. The van der Waals surface area contributed by atoms with Gasteiger partial charge in [-0.25, -0.2) is 8.42 Å². The molecule has 0 N–H and O–H groups in total. The second-order valence-electron chi connectivity index (χ2n) is 4.45. The summed E-state index contributed by atoms with van der Waals surface area (Å²) in [5, 5.41) is 0. The average Bonchev–Trinajstić information content (AvgIpc) is 2.48. The van der Waals surface area contributed by atoms with Crippen LogP contribution in [0.15, 0.2) is 29.2 Å². The Balaban J connectivity index is 2.12. The van der Waals surface area contributed by atoms with Gasteiger partial charge in [0.05, 0.1) is 11.5 Å². The minimum atomic E-state index is -3.49. The number of carbonyl (C=O) groups excluding carboxylic acids is 1. The van der Waals surface area contributed by atoms with E-state index in [0.29, 0.717) is 38.5 Å². The first-order valence-corrected chi connectivity index (χ1v) is 7.94. The molecule has 0 radical (unpaired) electrons. The lowest BCUT2D eigenvalue weighted by molar-refractivity contribution is -0.119. The summed E-state index contributed by atoms with van der Waals surface area (Å²) in [6, 6.07) is 6.40. The van der Waals surface area contributed by atoms with Crippen LogP contribution in [0.5, 0.6) is 5.75 Å². The molecule has 20 heavy (non-hydrogen) atoms. The summed E-state index contributed by atoms with van der Waals surface area (Å²) in [6.45, 7) is 3.93. The first-order chi connectivity index (χ1) is 9.57. The van der Waals surface area contributed by atoms with Crippen LogP contribution >= 0.6 is 0 Å². The number of carbonyl (C=O) groups is 1. The molecule has 1 aromatic carbocycles. The molecule has 2 rings (SSSR count). The number of sulfonamides is 1. The summed E-state index contributed by atoms with van der Waals surface area (Å²) in [7, 11) is -3.49. The molecule has 0 aliphatic carbocycles. The van der Waals surface area contributed by atoms with Crippen LogP contribution < -0.4 is 4.74 Å². The van der Waals surface area contributed by atoms with Crippen LogP contribution in [0.25, 0.3) is 0 Å². The van der Waals surface area contributed by atoms with E-state index in [9.17, 15) is 13.2 Å². The SMILES string of the molecule is CCOc1ccc(S(=O)(=O)N2CCN(C=O)CC2)cc1. The lowest BCUT2D eigenvalue weighted by atomic mass is 10.3. The monoisotopic (exact) mass is 298 g/mol. The van der Waals surface area contributed by atoms with Gasteiger partial charge < -0.3 is 9.64 Å². The molecule has 6 nitrogen and oxygen atoms in total. The van der Waals surface area contributed by atoms with Crippen molar-refractivity contribution in [3.63, 3.8) is 0 Å². The van der Waals surface area contributed by atoms with Crippen molar-refractivity contribution in [1.29, 1.82) is 0 Å². The van der Waals surface area contributed by atoms with Crippen molar-refractivity contribution >= 4 is 16.4 Å². The van der Waals surface area contributed by atoms with E-state index in [2.05, 4.69) is 0 Å². The quantitative estimate of drug-likeness (QED) is 0.745. The Hall–Kier alpha value is -1.60. The van der Waals surface area contributed by atoms with Crippen LogP contribution in [-0.2, 0) is 14.8 Å². The number of hydrogen-bond acceptors (Lipinski definition) is 4. The van der Waals surface area contributed by atoms with Crippen molar-refractivity contribution in [2.75, 3.05) is 32.8 Å². The lowest BCUT2D eigenvalue weighted by Gasteiger charge is -2.31. The second kappa shape index (κ2) is 6.23. The van der Waals surface area contributed by atoms with Crippen molar-refractivity contribution in [2.24, 2.45) is 0 Å². The van der Waals surface area contributed by atoms with Gasteiger partial charge in [0, 0.05) is 26.2 Å².